The summed E-state index contributed by atoms with van der Waals surface area (Å²) < 4.78 is 43.8. The van der Waals surface area contributed by atoms with E-state index in [-0.39, 0.29) is 5.69 Å². The third-order valence-electron chi connectivity index (χ3n) is 3.51. The predicted octanol–water partition coefficient (Wildman–Crippen LogP) is 4.91. The fourth-order valence-electron chi connectivity index (χ4n) is 2.36. The Hall–Kier alpha value is -3.03. The number of hydrogen-bond acceptors (Lipinski definition) is 3. The largest absolute Gasteiger partial charge is 0.444 e. The number of carbonyl (C=O) groups is 2. The van der Waals surface area contributed by atoms with Gasteiger partial charge in [0.05, 0.1) is 5.56 Å². The molecule has 2 aromatic carbocycles. The molecule has 0 bridgehead atoms. The van der Waals surface area contributed by atoms with E-state index < -0.39 is 35.4 Å². The molecule has 0 spiro atoms. The molecule has 0 aliphatic rings. The zero-order chi connectivity index (χ0) is 20.9. The fourth-order valence-corrected chi connectivity index (χ4v) is 2.36. The third kappa shape index (κ3) is 6.29. The van der Waals surface area contributed by atoms with Crippen molar-refractivity contribution in [1.29, 1.82) is 0 Å². The molecule has 0 aromatic heterocycles. The number of rotatable bonds is 4. The number of anilines is 1. The first kappa shape index (κ1) is 21.3. The molecule has 0 radical (unpaired) electrons. The van der Waals surface area contributed by atoms with E-state index in [0.717, 1.165) is 12.1 Å². The Balaban J connectivity index is 2.23. The highest BCUT2D eigenvalue weighted by atomic mass is 19.4. The summed E-state index contributed by atoms with van der Waals surface area (Å²) in [6.07, 6.45) is -5.35. The van der Waals surface area contributed by atoms with Gasteiger partial charge in [0.25, 0.3) is 5.91 Å². The molecule has 150 valence electrons. The monoisotopic (exact) mass is 394 g/mol. The van der Waals surface area contributed by atoms with E-state index in [4.69, 9.17) is 4.74 Å². The standard InChI is InChI=1S/C20H21F3N2O3/c1-19(2,3)28-18(27)25-16(13-8-5-4-6-9-13)17(26)24-15-11-7-10-14(12-15)20(21,22)23/h4-12,16H,1-3H3,(H,24,26)(H,25,27)/t16-/m1/s1. The van der Waals surface area contributed by atoms with Gasteiger partial charge < -0.3 is 15.4 Å². The van der Waals surface area contributed by atoms with E-state index in [1.165, 1.54) is 12.1 Å². The number of alkyl halides is 3. The van der Waals surface area contributed by atoms with Crippen LogP contribution in [0.5, 0.6) is 0 Å². The minimum Gasteiger partial charge on any atom is -0.444 e. The van der Waals surface area contributed by atoms with Crippen molar-refractivity contribution >= 4 is 17.7 Å². The lowest BCUT2D eigenvalue weighted by molar-refractivity contribution is -0.137. The number of benzene rings is 2. The molecule has 2 aromatic rings. The number of halogens is 3. The summed E-state index contributed by atoms with van der Waals surface area (Å²) in [5.41, 5.74) is -1.24. The molecule has 0 unspecified atom stereocenters. The lowest BCUT2D eigenvalue weighted by atomic mass is 10.1. The number of carbonyl (C=O) groups excluding carboxylic acids is 2. The van der Waals surface area contributed by atoms with Crippen molar-refractivity contribution in [2.75, 3.05) is 5.32 Å². The summed E-state index contributed by atoms with van der Waals surface area (Å²) >= 11 is 0. The quantitative estimate of drug-likeness (QED) is 0.774. The molecule has 2 amide bonds. The van der Waals surface area contributed by atoms with Gasteiger partial charge >= 0.3 is 12.3 Å². The van der Waals surface area contributed by atoms with Crippen molar-refractivity contribution in [1.82, 2.24) is 5.32 Å². The predicted molar refractivity (Wildman–Crippen MR) is 98.6 cm³/mol. The van der Waals surface area contributed by atoms with Crippen LogP contribution in [0.25, 0.3) is 0 Å². The van der Waals surface area contributed by atoms with Crippen LogP contribution in [0.2, 0.25) is 0 Å². The van der Waals surface area contributed by atoms with Gasteiger partial charge in [-0.2, -0.15) is 13.2 Å². The second kappa shape index (κ2) is 8.33. The number of ether oxygens (including phenoxy) is 1. The summed E-state index contributed by atoms with van der Waals surface area (Å²) in [6, 6.07) is 11.4. The first-order valence-electron chi connectivity index (χ1n) is 8.48. The highest BCUT2D eigenvalue weighted by Crippen LogP contribution is 2.31. The molecule has 8 heteroatoms. The lowest BCUT2D eigenvalue weighted by Gasteiger charge is -2.23. The maximum atomic E-state index is 12.9. The zero-order valence-electron chi connectivity index (χ0n) is 15.6. The van der Waals surface area contributed by atoms with Crippen LogP contribution in [0.4, 0.5) is 23.7 Å². The van der Waals surface area contributed by atoms with Crippen LogP contribution in [-0.4, -0.2) is 17.6 Å². The molecule has 0 aliphatic carbocycles. The zero-order valence-corrected chi connectivity index (χ0v) is 15.6. The molecule has 28 heavy (non-hydrogen) atoms. The number of amides is 2. The van der Waals surface area contributed by atoms with E-state index in [1.54, 1.807) is 51.1 Å². The lowest BCUT2D eigenvalue weighted by Crippen LogP contribution is -2.40. The summed E-state index contributed by atoms with van der Waals surface area (Å²) in [7, 11) is 0. The first-order chi connectivity index (χ1) is 13.0. The average Bonchev–Trinajstić information content (AvgIpc) is 2.58. The minimum absolute atomic E-state index is 0.0354. The van der Waals surface area contributed by atoms with Gasteiger partial charge in [-0.1, -0.05) is 36.4 Å². The smallest absolute Gasteiger partial charge is 0.416 e. The van der Waals surface area contributed by atoms with Gasteiger partial charge in [0.2, 0.25) is 0 Å². The maximum absolute atomic E-state index is 12.9. The van der Waals surface area contributed by atoms with Gasteiger partial charge in [-0.25, -0.2) is 4.79 Å². The summed E-state index contributed by atoms with van der Waals surface area (Å²) in [5, 5.41) is 4.87. The molecular formula is C20H21F3N2O3. The number of nitrogens with one attached hydrogen (secondary N) is 2. The SMILES string of the molecule is CC(C)(C)OC(=O)N[C@@H](C(=O)Nc1cccc(C(F)(F)F)c1)c1ccccc1. The summed E-state index contributed by atoms with van der Waals surface area (Å²) in [5.74, 6) is -0.698. The first-order valence-corrected chi connectivity index (χ1v) is 8.48. The van der Waals surface area contributed by atoms with Gasteiger partial charge in [0.15, 0.2) is 0 Å². The molecule has 2 N–H and O–H groups in total. The van der Waals surface area contributed by atoms with Gasteiger partial charge in [0.1, 0.15) is 11.6 Å². The van der Waals surface area contributed by atoms with Crippen LogP contribution in [-0.2, 0) is 15.7 Å². The van der Waals surface area contributed by atoms with Crippen LogP contribution in [0.1, 0.15) is 37.9 Å². The molecule has 0 aliphatic heterocycles. The van der Waals surface area contributed by atoms with Crippen molar-refractivity contribution in [2.24, 2.45) is 0 Å². The molecule has 5 nitrogen and oxygen atoms in total. The van der Waals surface area contributed by atoms with Gasteiger partial charge in [-0.15, -0.1) is 0 Å². The number of alkyl carbamates (subject to hydrolysis) is 1. The highest BCUT2D eigenvalue weighted by Gasteiger charge is 2.31. The normalized spacial score (nSPS) is 12.8. The highest BCUT2D eigenvalue weighted by molar-refractivity contribution is 5.97. The Bertz CT molecular complexity index is 831. The van der Waals surface area contributed by atoms with E-state index in [1.807, 2.05) is 0 Å². The Kier molecular flexibility index (Phi) is 6.33. The van der Waals surface area contributed by atoms with E-state index in [0.29, 0.717) is 5.56 Å². The van der Waals surface area contributed by atoms with Crippen molar-refractivity contribution in [2.45, 2.75) is 38.6 Å². The van der Waals surface area contributed by atoms with E-state index in [9.17, 15) is 22.8 Å². The van der Waals surface area contributed by atoms with Crippen LogP contribution in [0, 0.1) is 0 Å². The van der Waals surface area contributed by atoms with Gasteiger partial charge in [-0.3, -0.25) is 4.79 Å². The fraction of sp³-hybridized carbons (Fsp3) is 0.300. The third-order valence-corrected chi connectivity index (χ3v) is 3.51. The summed E-state index contributed by atoms with van der Waals surface area (Å²) in [6.45, 7) is 5.02. The summed E-state index contributed by atoms with van der Waals surface area (Å²) in [4.78, 5) is 24.8. The topological polar surface area (TPSA) is 67.4 Å². The molecule has 1 atom stereocenters. The van der Waals surface area contributed by atoms with Gasteiger partial charge in [0, 0.05) is 5.69 Å². The average molecular weight is 394 g/mol. The van der Waals surface area contributed by atoms with Crippen molar-refractivity contribution < 1.29 is 27.5 Å². The van der Waals surface area contributed by atoms with Crippen molar-refractivity contribution in [3.63, 3.8) is 0 Å². The molecule has 2 rings (SSSR count). The number of hydrogen-bond donors (Lipinski definition) is 2. The maximum Gasteiger partial charge on any atom is 0.416 e. The minimum atomic E-state index is -4.53. The molecule has 0 saturated carbocycles. The molecule has 0 saturated heterocycles. The van der Waals surface area contributed by atoms with Crippen LogP contribution < -0.4 is 10.6 Å². The Labute approximate surface area is 160 Å². The van der Waals surface area contributed by atoms with E-state index in [2.05, 4.69) is 10.6 Å². The van der Waals surface area contributed by atoms with Crippen molar-refractivity contribution in [3.8, 4) is 0 Å². The molecule has 0 fully saturated rings. The second-order valence-corrected chi connectivity index (χ2v) is 7.06. The second-order valence-electron chi connectivity index (χ2n) is 7.06. The van der Waals surface area contributed by atoms with Crippen LogP contribution in [0.3, 0.4) is 0 Å². The van der Waals surface area contributed by atoms with Crippen LogP contribution in [0.15, 0.2) is 54.6 Å². The Morgan fingerprint density at radius 1 is 0.964 bits per heavy atom. The van der Waals surface area contributed by atoms with E-state index >= 15 is 0 Å². The Morgan fingerprint density at radius 3 is 2.18 bits per heavy atom. The van der Waals surface area contributed by atoms with Crippen molar-refractivity contribution in [3.05, 3.63) is 65.7 Å². The van der Waals surface area contributed by atoms with Gasteiger partial charge in [-0.05, 0) is 44.5 Å². The molecular weight excluding hydrogens is 373 g/mol. The Morgan fingerprint density at radius 2 is 1.61 bits per heavy atom. The van der Waals surface area contributed by atoms with Crippen LogP contribution >= 0.6 is 0 Å². The molecule has 0 heterocycles.